The summed E-state index contributed by atoms with van der Waals surface area (Å²) >= 11 is 10.9. The first-order valence-electron chi connectivity index (χ1n) is 6.02. The van der Waals surface area contributed by atoms with Gasteiger partial charge in [0.15, 0.2) is 0 Å². The van der Waals surface area contributed by atoms with Gasteiger partial charge in [0.05, 0.1) is 10.8 Å². The average molecular weight is 371 g/mol. The minimum atomic E-state index is -0.0238. The van der Waals surface area contributed by atoms with E-state index in [2.05, 4.69) is 33.4 Å². The molecule has 104 valence electrons. The van der Waals surface area contributed by atoms with E-state index in [1.54, 1.807) is 17.8 Å². The normalized spacial score (nSPS) is 10.3. The summed E-state index contributed by atoms with van der Waals surface area (Å²) < 4.78 is 0.815. The minimum Gasteiger partial charge on any atom is -0.325 e. The lowest BCUT2D eigenvalue weighted by atomic mass is 10.2. The van der Waals surface area contributed by atoms with E-state index in [1.807, 2.05) is 30.3 Å². The number of halogens is 2. The molecule has 0 aliphatic heterocycles. The molecule has 1 amide bonds. The Morgan fingerprint density at radius 1 is 1.20 bits per heavy atom. The maximum atomic E-state index is 11.8. The van der Waals surface area contributed by atoms with Crippen LogP contribution < -0.4 is 5.32 Å². The van der Waals surface area contributed by atoms with Crippen LogP contribution >= 0.6 is 39.3 Å². The Kier molecular flexibility index (Phi) is 5.95. The zero-order valence-corrected chi connectivity index (χ0v) is 13.8. The molecular weight excluding hydrogens is 358 g/mol. The first-order chi connectivity index (χ1) is 9.65. The van der Waals surface area contributed by atoms with Crippen molar-refractivity contribution in [2.75, 3.05) is 11.1 Å². The van der Waals surface area contributed by atoms with Gasteiger partial charge in [0.2, 0.25) is 5.91 Å². The van der Waals surface area contributed by atoms with Gasteiger partial charge in [0, 0.05) is 15.9 Å². The van der Waals surface area contributed by atoms with Crippen LogP contribution in [0.5, 0.6) is 0 Å². The van der Waals surface area contributed by atoms with Gasteiger partial charge in [0.1, 0.15) is 0 Å². The van der Waals surface area contributed by atoms with Crippen LogP contribution in [0.1, 0.15) is 5.56 Å². The molecule has 0 heterocycles. The van der Waals surface area contributed by atoms with Gasteiger partial charge in [-0.05, 0) is 39.7 Å². The fourth-order valence-electron chi connectivity index (χ4n) is 1.61. The maximum absolute atomic E-state index is 11.8. The van der Waals surface area contributed by atoms with Crippen molar-refractivity contribution in [3.05, 3.63) is 63.6 Å². The molecule has 2 rings (SSSR count). The third-order valence-corrected chi connectivity index (χ3v) is 4.78. The number of benzene rings is 2. The lowest BCUT2D eigenvalue weighted by Crippen LogP contribution is -2.14. The molecular formula is C15H13BrClNOS. The van der Waals surface area contributed by atoms with Gasteiger partial charge >= 0.3 is 0 Å². The van der Waals surface area contributed by atoms with Crippen molar-refractivity contribution in [2.45, 2.75) is 5.75 Å². The zero-order chi connectivity index (χ0) is 14.4. The molecule has 2 aromatic rings. The molecule has 2 nitrogen and oxygen atoms in total. The standard InChI is InChI=1S/C15H13BrClNOS/c16-13-7-6-12(8-14(13)17)18-15(19)10-20-9-11-4-2-1-3-5-11/h1-8H,9-10H2,(H,18,19). The monoisotopic (exact) mass is 369 g/mol. The Labute approximate surface area is 136 Å². The van der Waals surface area contributed by atoms with E-state index in [4.69, 9.17) is 11.6 Å². The Morgan fingerprint density at radius 3 is 2.65 bits per heavy atom. The number of nitrogens with one attached hydrogen (secondary N) is 1. The van der Waals surface area contributed by atoms with Crippen molar-refractivity contribution in [3.8, 4) is 0 Å². The van der Waals surface area contributed by atoms with Crippen molar-refractivity contribution in [3.63, 3.8) is 0 Å². The summed E-state index contributed by atoms with van der Waals surface area (Å²) in [7, 11) is 0. The molecule has 0 spiro atoms. The fraction of sp³-hybridized carbons (Fsp3) is 0.133. The summed E-state index contributed by atoms with van der Waals surface area (Å²) in [6, 6.07) is 15.5. The van der Waals surface area contributed by atoms with Crippen LogP contribution in [0.25, 0.3) is 0 Å². The second-order valence-corrected chi connectivity index (χ2v) is 6.40. The number of rotatable bonds is 5. The van der Waals surface area contributed by atoms with Crippen LogP contribution in [0.3, 0.4) is 0 Å². The number of anilines is 1. The predicted molar refractivity (Wildman–Crippen MR) is 90.4 cm³/mol. The van der Waals surface area contributed by atoms with Crippen LogP contribution in [0.4, 0.5) is 5.69 Å². The zero-order valence-electron chi connectivity index (χ0n) is 10.6. The number of thioether (sulfide) groups is 1. The summed E-state index contributed by atoms with van der Waals surface area (Å²) in [4.78, 5) is 11.8. The molecule has 0 bridgehead atoms. The lowest BCUT2D eigenvalue weighted by molar-refractivity contribution is -0.113. The summed E-state index contributed by atoms with van der Waals surface area (Å²) in [5.74, 6) is 1.22. The first-order valence-corrected chi connectivity index (χ1v) is 8.34. The second-order valence-electron chi connectivity index (χ2n) is 4.16. The molecule has 1 N–H and O–H groups in total. The van der Waals surface area contributed by atoms with Crippen LogP contribution in [-0.2, 0) is 10.5 Å². The van der Waals surface area contributed by atoms with Gasteiger partial charge in [-0.15, -0.1) is 11.8 Å². The molecule has 0 aliphatic carbocycles. The molecule has 0 saturated heterocycles. The van der Waals surface area contributed by atoms with Crippen molar-refractivity contribution < 1.29 is 4.79 Å². The highest BCUT2D eigenvalue weighted by molar-refractivity contribution is 9.10. The van der Waals surface area contributed by atoms with Crippen LogP contribution in [0.15, 0.2) is 53.0 Å². The van der Waals surface area contributed by atoms with Gasteiger partial charge in [-0.2, -0.15) is 0 Å². The molecule has 0 fully saturated rings. The van der Waals surface area contributed by atoms with Crippen molar-refractivity contribution in [2.24, 2.45) is 0 Å². The van der Waals surface area contributed by atoms with Gasteiger partial charge in [0.25, 0.3) is 0 Å². The van der Waals surface area contributed by atoms with Gasteiger partial charge in [-0.25, -0.2) is 0 Å². The van der Waals surface area contributed by atoms with Gasteiger partial charge in [-0.3, -0.25) is 4.79 Å². The Balaban J connectivity index is 1.79. The number of hydrogen-bond acceptors (Lipinski definition) is 2. The van der Waals surface area contributed by atoms with Crippen LogP contribution in [0.2, 0.25) is 5.02 Å². The molecule has 5 heteroatoms. The third-order valence-electron chi connectivity index (χ3n) is 2.55. The average Bonchev–Trinajstić information content (AvgIpc) is 2.44. The maximum Gasteiger partial charge on any atom is 0.234 e. The number of amides is 1. The molecule has 0 radical (unpaired) electrons. The number of carbonyl (C=O) groups is 1. The van der Waals surface area contributed by atoms with Crippen molar-refractivity contribution in [1.29, 1.82) is 0 Å². The van der Waals surface area contributed by atoms with E-state index in [0.29, 0.717) is 16.5 Å². The van der Waals surface area contributed by atoms with Gasteiger partial charge < -0.3 is 5.32 Å². The minimum absolute atomic E-state index is 0.0238. The highest BCUT2D eigenvalue weighted by Crippen LogP contribution is 2.25. The summed E-state index contributed by atoms with van der Waals surface area (Å²) in [5, 5.41) is 3.41. The van der Waals surface area contributed by atoms with E-state index < -0.39 is 0 Å². The molecule has 0 unspecified atom stereocenters. The van der Waals surface area contributed by atoms with E-state index in [0.717, 1.165) is 10.2 Å². The topological polar surface area (TPSA) is 29.1 Å². The van der Waals surface area contributed by atoms with Crippen LogP contribution in [0, 0.1) is 0 Å². The molecule has 0 aromatic heterocycles. The number of hydrogen-bond donors (Lipinski definition) is 1. The quantitative estimate of drug-likeness (QED) is 0.804. The van der Waals surface area contributed by atoms with E-state index in [1.165, 1.54) is 5.56 Å². The predicted octanol–water partition coefficient (Wildman–Crippen LogP) is 4.97. The fourth-order valence-corrected chi connectivity index (χ4v) is 2.82. The Bertz CT molecular complexity index is 592. The molecule has 2 aromatic carbocycles. The van der Waals surface area contributed by atoms with E-state index >= 15 is 0 Å². The SMILES string of the molecule is O=C(CSCc1ccccc1)Nc1ccc(Br)c(Cl)c1. The lowest BCUT2D eigenvalue weighted by Gasteiger charge is -2.06. The highest BCUT2D eigenvalue weighted by atomic mass is 79.9. The summed E-state index contributed by atoms with van der Waals surface area (Å²) in [5.41, 5.74) is 1.93. The second kappa shape index (κ2) is 7.72. The smallest absolute Gasteiger partial charge is 0.234 e. The Hall–Kier alpha value is -0.970. The highest BCUT2D eigenvalue weighted by Gasteiger charge is 2.05. The summed E-state index contributed by atoms with van der Waals surface area (Å²) in [6.45, 7) is 0. The molecule has 0 atom stereocenters. The molecule has 0 saturated carbocycles. The third kappa shape index (κ3) is 4.85. The largest absolute Gasteiger partial charge is 0.325 e. The Morgan fingerprint density at radius 2 is 1.95 bits per heavy atom. The van der Waals surface area contributed by atoms with E-state index in [-0.39, 0.29) is 5.91 Å². The number of carbonyl (C=O) groups excluding carboxylic acids is 1. The molecule has 0 aliphatic rings. The summed E-state index contributed by atoms with van der Waals surface area (Å²) in [6.07, 6.45) is 0. The van der Waals surface area contributed by atoms with Crippen molar-refractivity contribution in [1.82, 2.24) is 0 Å². The molecule has 20 heavy (non-hydrogen) atoms. The van der Waals surface area contributed by atoms with Crippen LogP contribution in [-0.4, -0.2) is 11.7 Å². The van der Waals surface area contributed by atoms with Gasteiger partial charge in [-0.1, -0.05) is 41.9 Å². The van der Waals surface area contributed by atoms with E-state index in [9.17, 15) is 4.79 Å². The first kappa shape index (κ1) is 15.4. The van der Waals surface area contributed by atoms with Crippen molar-refractivity contribution >= 4 is 50.9 Å².